The van der Waals surface area contributed by atoms with Crippen LogP contribution < -0.4 is 0 Å². The number of aromatic nitrogens is 1. The Labute approximate surface area is 104 Å². The van der Waals surface area contributed by atoms with Crippen molar-refractivity contribution in [3.05, 3.63) is 42.2 Å². The van der Waals surface area contributed by atoms with Gasteiger partial charge in [-0.2, -0.15) is 0 Å². The average molecular weight is 230 g/mol. The van der Waals surface area contributed by atoms with Crippen LogP contribution in [0.2, 0.25) is 0 Å². The molecule has 17 heavy (non-hydrogen) atoms. The van der Waals surface area contributed by atoms with Crippen LogP contribution in [0.3, 0.4) is 0 Å². The van der Waals surface area contributed by atoms with Crippen molar-refractivity contribution in [1.29, 1.82) is 0 Å². The molecule has 0 amide bonds. The molecular formula is C15H22N2. The van der Waals surface area contributed by atoms with Crippen LogP contribution in [0.5, 0.6) is 0 Å². The van der Waals surface area contributed by atoms with Gasteiger partial charge in [0.2, 0.25) is 0 Å². The highest BCUT2D eigenvalue weighted by molar-refractivity contribution is 5.55. The molecular weight excluding hydrogens is 208 g/mol. The van der Waals surface area contributed by atoms with Gasteiger partial charge in [0.05, 0.1) is 0 Å². The first kappa shape index (κ1) is 12.2. The summed E-state index contributed by atoms with van der Waals surface area (Å²) in [6, 6.07) is 9.22. The van der Waals surface area contributed by atoms with Gasteiger partial charge in [0.1, 0.15) is 0 Å². The second-order valence-electron chi connectivity index (χ2n) is 4.87. The van der Waals surface area contributed by atoms with Crippen molar-refractivity contribution in [2.24, 2.45) is 0 Å². The molecule has 2 aromatic rings. The van der Waals surface area contributed by atoms with E-state index in [1.165, 1.54) is 24.0 Å². The maximum atomic E-state index is 2.44. The lowest BCUT2D eigenvalue weighted by atomic mass is 10.1. The number of pyridine rings is 1. The second-order valence-corrected chi connectivity index (χ2v) is 4.87. The largest absolute Gasteiger partial charge is 0.324 e. The van der Waals surface area contributed by atoms with Crippen LogP contribution in [-0.4, -0.2) is 28.9 Å². The van der Waals surface area contributed by atoms with E-state index in [9.17, 15) is 0 Å². The Hall–Kier alpha value is -1.28. The number of likely N-dealkylation sites (N-methyl/N-ethyl adjacent to an activating group) is 1. The molecule has 0 aliphatic rings. The zero-order valence-electron chi connectivity index (χ0n) is 11.1. The van der Waals surface area contributed by atoms with Crippen molar-refractivity contribution in [1.82, 2.24) is 9.30 Å². The lowest BCUT2D eigenvalue weighted by molar-refractivity contribution is 0.257. The number of hydrogen-bond acceptors (Lipinski definition) is 1. The van der Waals surface area contributed by atoms with E-state index in [-0.39, 0.29) is 0 Å². The van der Waals surface area contributed by atoms with E-state index in [2.05, 4.69) is 66.9 Å². The molecule has 0 spiro atoms. The van der Waals surface area contributed by atoms with Gasteiger partial charge in [-0.3, -0.25) is 0 Å². The summed E-state index contributed by atoms with van der Waals surface area (Å²) < 4.78 is 2.20. The van der Waals surface area contributed by atoms with Crippen molar-refractivity contribution in [3.8, 4) is 0 Å². The third kappa shape index (κ3) is 2.70. The summed E-state index contributed by atoms with van der Waals surface area (Å²) in [7, 11) is 2.21. The van der Waals surface area contributed by atoms with E-state index in [1.807, 2.05) is 0 Å². The van der Waals surface area contributed by atoms with Crippen molar-refractivity contribution in [3.63, 3.8) is 0 Å². The summed E-state index contributed by atoms with van der Waals surface area (Å²) in [4.78, 5) is 2.44. The highest BCUT2D eigenvalue weighted by Crippen LogP contribution is 2.16. The highest BCUT2D eigenvalue weighted by Gasteiger charge is 2.11. The molecule has 0 saturated heterocycles. The minimum atomic E-state index is 0.598. The Kier molecular flexibility index (Phi) is 3.85. The van der Waals surface area contributed by atoms with Gasteiger partial charge in [0, 0.05) is 24.0 Å². The minimum absolute atomic E-state index is 0.598. The first-order chi connectivity index (χ1) is 8.22. The molecule has 1 unspecified atom stereocenters. The highest BCUT2D eigenvalue weighted by atomic mass is 15.1. The maximum absolute atomic E-state index is 2.44. The van der Waals surface area contributed by atoms with Gasteiger partial charge >= 0.3 is 0 Å². The predicted octanol–water partition coefficient (Wildman–Crippen LogP) is 3.21. The van der Waals surface area contributed by atoms with E-state index in [0.29, 0.717) is 6.04 Å². The normalized spacial score (nSPS) is 13.4. The molecule has 2 nitrogen and oxygen atoms in total. The van der Waals surface area contributed by atoms with Crippen LogP contribution in [0.1, 0.15) is 25.8 Å². The van der Waals surface area contributed by atoms with Crippen LogP contribution in [-0.2, 0) is 6.42 Å². The first-order valence-corrected chi connectivity index (χ1v) is 6.47. The summed E-state index contributed by atoms with van der Waals surface area (Å²) in [5.74, 6) is 0. The van der Waals surface area contributed by atoms with Gasteiger partial charge in [-0.1, -0.05) is 13.0 Å². The smallest absolute Gasteiger partial charge is 0.0482 e. The van der Waals surface area contributed by atoms with Crippen molar-refractivity contribution in [2.45, 2.75) is 32.7 Å². The monoisotopic (exact) mass is 230 g/mol. The Morgan fingerprint density at radius 2 is 2.06 bits per heavy atom. The maximum Gasteiger partial charge on any atom is 0.0482 e. The molecule has 0 radical (unpaired) electrons. The SMILES string of the molecule is CCCN(C)C(C)Cc1ccn2ccccc12. The van der Waals surface area contributed by atoms with Gasteiger partial charge in [-0.15, -0.1) is 0 Å². The van der Waals surface area contributed by atoms with E-state index in [0.717, 1.165) is 6.42 Å². The Morgan fingerprint density at radius 3 is 2.82 bits per heavy atom. The molecule has 0 aromatic carbocycles. The molecule has 0 aliphatic heterocycles. The quantitative estimate of drug-likeness (QED) is 0.765. The Bertz CT molecular complexity index is 472. The lowest BCUT2D eigenvalue weighted by Gasteiger charge is -2.23. The second kappa shape index (κ2) is 5.37. The number of nitrogens with zero attached hydrogens (tertiary/aromatic N) is 2. The van der Waals surface area contributed by atoms with Crippen LogP contribution in [0.4, 0.5) is 0 Å². The summed E-state index contributed by atoms with van der Waals surface area (Å²) in [6.45, 7) is 5.71. The third-order valence-electron chi connectivity index (χ3n) is 3.50. The fraction of sp³-hybridized carbons (Fsp3) is 0.467. The summed E-state index contributed by atoms with van der Waals surface area (Å²) in [6.07, 6.45) is 6.60. The summed E-state index contributed by atoms with van der Waals surface area (Å²) in [5.41, 5.74) is 2.78. The van der Waals surface area contributed by atoms with E-state index < -0.39 is 0 Å². The molecule has 0 bridgehead atoms. The number of hydrogen-bond donors (Lipinski definition) is 0. The minimum Gasteiger partial charge on any atom is -0.324 e. The van der Waals surface area contributed by atoms with Gasteiger partial charge in [0.25, 0.3) is 0 Å². The molecule has 2 aromatic heterocycles. The fourth-order valence-corrected chi connectivity index (χ4v) is 2.33. The van der Waals surface area contributed by atoms with Crippen LogP contribution in [0.15, 0.2) is 36.7 Å². The number of rotatable bonds is 5. The zero-order valence-corrected chi connectivity index (χ0v) is 11.1. The molecule has 2 heteroatoms. The molecule has 92 valence electrons. The van der Waals surface area contributed by atoms with E-state index in [4.69, 9.17) is 0 Å². The average Bonchev–Trinajstić information content (AvgIpc) is 2.73. The van der Waals surface area contributed by atoms with Crippen molar-refractivity contribution in [2.75, 3.05) is 13.6 Å². The standard InChI is InChI=1S/C15H22N2/c1-4-9-16(3)13(2)12-14-8-11-17-10-6-5-7-15(14)17/h5-8,10-11,13H,4,9,12H2,1-3H3. The van der Waals surface area contributed by atoms with Crippen molar-refractivity contribution >= 4 is 5.52 Å². The van der Waals surface area contributed by atoms with E-state index >= 15 is 0 Å². The van der Waals surface area contributed by atoms with Gasteiger partial charge in [-0.05, 0) is 57.1 Å². The van der Waals surface area contributed by atoms with Crippen LogP contribution in [0, 0.1) is 0 Å². The molecule has 1 atom stereocenters. The molecule has 0 saturated carbocycles. The number of fused-ring (bicyclic) bond motifs is 1. The molecule has 2 rings (SSSR count). The third-order valence-corrected chi connectivity index (χ3v) is 3.50. The first-order valence-electron chi connectivity index (χ1n) is 6.47. The molecule has 2 heterocycles. The topological polar surface area (TPSA) is 7.65 Å². The molecule has 0 N–H and O–H groups in total. The summed E-state index contributed by atoms with van der Waals surface area (Å²) in [5, 5.41) is 0. The fourth-order valence-electron chi connectivity index (χ4n) is 2.33. The van der Waals surface area contributed by atoms with Gasteiger partial charge in [-0.25, -0.2) is 0 Å². The summed E-state index contributed by atoms with van der Waals surface area (Å²) >= 11 is 0. The molecule has 0 fully saturated rings. The predicted molar refractivity (Wildman–Crippen MR) is 73.5 cm³/mol. The van der Waals surface area contributed by atoms with Gasteiger partial charge < -0.3 is 9.30 Å². The van der Waals surface area contributed by atoms with Gasteiger partial charge in [0.15, 0.2) is 0 Å². The van der Waals surface area contributed by atoms with Crippen molar-refractivity contribution < 1.29 is 0 Å². The lowest BCUT2D eigenvalue weighted by Crippen LogP contribution is -2.31. The van der Waals surface area contributed by atoms with Crippen LogP contribution >= 0.6 is 0 Å². The zero-order chi connectivity index (χ0) is 12.3. The Balaban J connectivity index is 2.13. The molecule has 0 aliphatic carbocycles. The van der Waals surface area contributed by atoms with Crippen LogP contribution in [0.25, 0.3) is 5.52 Å². The Morgan fingerprint density at radius 1 is 1.24 bits per heavy atom. The van der Waals surface area contributed by atoms with E-state index in [1.54, 1.807) is 0 Å².